The van der Waals surface area contributed by atoms with E-state index < -0.39 is 29.0 Å². The second-order valence-corrected chi connectivity index (χ2v) is 9.95. The number of carbonyl (C=O) groups excluding carboxylic acids is 1. The van der Waals surface area contributed by atoms with E-state index >= 15 is 0 Å². The van der Waals surface area contributed by atoms with Gasteiger partial charge in [-0.05, 0) is 60.6 Å². The van der Waals surface area contributed by atoms with Gasteiger partial charge in [0.1, 0.15) is 23.5 Å². The molecule has 190 valence electrons. The first kappa shape index (κ1) is 24.9. The minimum atomic E-state index is -0.988. The Morgan fingerprint density at radius 1 is 0.973 bits per heavy atom. The number of halogens is 3. The van der Waals surface area contributed by atoms with Gasteiger partial charge in [0.25, 0.3) is 0 Å². The molecular formula is C29H24F3NO3S. The normalized spacial score (nSPS) is 13.8. The molecule has 4 aromatic rings. The molecule has 3 aromatic carbocycles. The highest BCUT2D eigenvalue weighted by Crippen LogP contribution is 2.43. The number of benzene rings is 3. The van der Waals surface area contributed by atoms with Crippen LogP contribution in [-0.2, 0) is 4.74 Å². The van der Waals surface area contributed by atoms with E-state index in [1.807, 2.05) is 12.1 Å². The highest BCUT2D eigenvalue weighted by atomic mass is 32.1. The Labute approximate surface area is 216 Å². The van der Waals surface area contributed by atoms with Crippen molar-refractivity contribution in [2.75, 3.05) is 12.4 Å². The molecule has 1 heterocycles. The van der Waals surface area contributed by atoms with Crippen LogP contribution < -0.4 is 10.1 Å². The highest BCUT2D eigenvalue weighted by molar-refractivity contribution is 7.14. The van der Waals surface area contributed by atoms with Crippen LogP contribution in [-0.4, -0.2) is 13.2 Å². The van der Waals surface area contributed by atoms with Crippen molar-refractivity contribution in [3.05, 3.63) is 94.6 Å². The van der Waals surface area contributed by atoms with Gasteiger partial charge < -0.3 is 9.47 Å². The number of amides is 1. The van der Waals surface area contributed by atoms with E-state index in [0.29, 0.717) is 22.1 Å². The number of hydrogen-bond acceptors (Lipinski definition) is 4. The zero-order chi connectivity index (χ0) is 26.1. The molecular weight excluding hydrogens is 499 g/mol. The molecule has 1 fully saturated rings. The fourth-order valence-corrected chi connectivity index (χ4v) is 5.12. The monoisotopic (exact) mass is 523 g/mol. The number of ether oxygens (including phenoxy) is 2. The van der Waals surface area contributed by atoms with E-state index in [2.05, 4.69) is 29.6 Å². The van der Waals surface area contributed by atoms with Gasteiger partial charge in [-0.1, -0.05) is 36.4 Å². The number of anilines is 1. The topological polar surface area (TPSA) is 47.6 Å². The Morgan fingerprint density at radius 2 is 1.70 bits per heavy atom. The van der Waals surface area contributed by atoms with E-state index in [9.17, 15) is 18.0 Å². The van der Waals surface area contributed by atoms with E-state index in [0.717, 1.165) is 34.6 Å². The predicted octanol–water partition coefficient (Wildman–Crippen LogP) is 8.70. The Balaban J connectivity index is 1.36. The average molecular weight is 524 g/mol. The molecule has 1 N–H and O–H groups in total. The molecule has 1 saturated carbocycles. The van der Waals surface area contributed by atoms with E-state index in [-0.39, 0.29) is 11.3 Å². The van der Waals surface area contributed by atoms with Crippen LogP contribution in [0.15, 0.2) is 66.7 Å². The van der Waals surface area contributed by atoms with Crippen molar-refractivity contribution in [3.63, 3.8) is 0 Å². The Bertz CT molecular complexity index is 1450. The summed E-state index contributed by atoms with van der Waals surface area (Å²) in [4.78, 5) is 13.0. The first-order valence-corrected chi connectivity index (χ1v) is 12.6. The minimum absolute atomic E-state index is 0.0266. The lowest BCUT2D eigenvalue weighted by atomic mass is 9.99. The number of nitrogens with one attached hydrogen (secondary N) is 1. The van der Waals surface area contributed by atoms with Gasteiger partial charge in [-0.15, -0.1) is 11.3 Å². The van der Waals surface area contributed by atoms with Crippen LogP contribution in [0.3, 0.4) is 0 Å². The molecule has 0 aliphatic heterocycles. The van der Waals surface area contributed by atoms with Crippen LogP contribution in [0.1, 0.15) is 42.9 Å². The van der Waals surface area contributed by atoms with E-state index in [4.69, 9.17) is 9.47 Å². The molecule has 1 aliphatic carbocycles. The zero-order valence-electron chi connectivity index (χ0n) is 20.2. The number of thiophene rings is 1. The zero-order valence-corrected chi connectivity index (χ0v) is 21.0. The summed E-state index contributed by atoms with van der Waals surface area (Å²) in [5.74, 6) is -0.272. The summed E-state index contributed by atoms with van der Waals surface area (Å²) in [6.07, 6.45) is 0.592. The molecule has 8 heteroatoms. The maximum absolute atomic E-state index is 14.3. The molecule has 0 saturated heterocycles. The standard InChI is InChI=1S/C29H24F3NO3S/c1-16(22-12-10-21(30)14-24(22)31)36-29(34)33-25-15-27(32)37-28(25)20-9-11-23(26(13-20)35-2)19-7-5-18(6-8-19)17-3-4-17/h5-17H,3-4H2,1-2H3,(H,33,34)/t16-/m1/s1. The summed E-state index contributed by atoms with van der Waals surface area (Å²) in [5, 5.41) is 2.04. The molecule has 0 spiro atoms. The fraction of sp³-hybridized carbons (Fsp3) is 0.207. The lowest BCUT2D eigenvalue weighted by molar-refractivity contribution is 0.119. The molecule has 1 amide bonds. The fourth-order valence-electron chi connectivity index (χ4n) is 4.29. The third-order valence-electron chi connectivity index (χ3n) is 6.36. The first-order valence-electron chi connectivity index (χ1n) is 11.8. The SMILES string of the molecule is COc1cc(-c2sc(F)cc2NC(=O)O[C@H](C)c2ccc(F)cc2F)ccc1-c1ccc(C2CC2)cc1. The number of hydrogen-bond donors (Lipinski definition) is 1. The van der Waals surface area contributed by atoms with Crippen LogP contribution >= 0.6 is 11.3 Å². The average Bonchev–Trinajstić information content (AvgIpc) is 3.66. The number of rotatable bonds is 7. The largest absolute Gasteiger partial charge is 0.496 e. The summed E-state index contributed by atoms with van der Waals surface area (Å²) >= 11 is 0.868. The Morgan fingerprint density at radius 3 is 2.38 bits per heavy atom. The van der Waals surface area contributed by atoms with Crippen molar-refractivity contribution in [1.82, 2.24) is 0 Å². The molecule has 0 radical (unpaired) electrons. The van der Waals surface area contributed by atoms with Crippen LogP contribution in [0.25, 0.3) is 21.6 Å². The third-order valence-corrected chi connectivity index (χ3v) is 7.33. The van der Waals surface area contributed by atoms with Crippen LogP contribution in [0.4, 0.5) is 23.7 Å². The second kappa shape index (κ2) is 10.3. The van der Waals surface area contributed by atoms with Gasteiger partial charge >= 0.3 is 6.09 Å². The molecule has 0 unspecified atom stereocenters. The van der Waals surface area contributed by atoms with Crippen molar-refractivity contribution in [1.29, 1.82) is 0 Å². The van der Waals surface area contributed by atoms with Crippen molar-refractivity contribution >= 4 is 23.1 Å². The van der Waals surface area contributed by atoms with Gasteiger partial charge in [-0.3, -0.25) is 5.32 Å². The van der Waals surface area contributed by atoms with Gasteiger partial charge in [-0.2, -0.15) is 4.39 Å². The van der Waals surface area contributed by atoms with Crippen molar-refractivity contribution < 1.29 is 27.4 Å². The van der Waals surface area contributed by atoms with Crippen LogP contribution in [0.5, 0.6) is 5.75 Å². The van der Waals surface area contributed by atoms with Crippen LogP contribution in [0, 0.1) is 16.8 Å². The summed E-state index contributed by atoms with van der Waals surface area (Å²) < 4.78 is 52.4. The highest BCUT2D eigenvalue weighted by Gasteiger charge is 2.23. The number of methoxy groups -OCH3 is 1. The summed E-state index contributed by atoms with van der Waals surface area (Å²) in [6, 6.07) is 18.2. The predicted molar refractivity (Wildman–Crippen MR) is 139 cm³/mol. The van der Waals surface area contributed by atoms with E-state index in [1.165, 1.54) is 37.5 Å². The van der Waals surface area contributed by atoms with Crippen molar-refractivity contribution in [3.8, 4) is 27.3 Å². The molecule has 37 heavy (non-hydrogen) atoms. The van der Waals surface area contributed by atoms with Crippen molar-refractivity contribution in [2.24, 2.45) is 0 Å². The second-order valence-electron chi connectivity index (χ2n) is 8.94. The molecule has 4 nitrogen and oxygen atoms in total. The molecule has 0 bridgehead atoms. The molecule has 1 atom stereocenters. The minimum Gasteiger partial charge on any atom is -0.496 e. The Hall–Kier alpha value is -3.78. The number of carbonyl (C=O) groups is 1. The smallest absolute Gasteiger partial charge is 0.412 e. The summed E-state index contributed by atoms with van der Waals surface area (Å²) in [5.41, 5.74) is 4.13. The van der Waals surface area contributed by atoms with Gasteiger partial charge in [0, 0.05) is 23.3 Å². The summed E-state index contributed by atoms with van der Waals surface area (Å²) in [7, 11) is 1.57. The maximum Gasteiger partial charge on any atom is 0.412 e. The first-order chi connectivity index (χ1) is 17.8. The maximum atomic E-state index is 14.3. The van der Waals surface area contributed by atoms with Gasteiger partial charge in [0.2, 0.25) is 0 Å². The molecule has 1 aromatic heterocycles. The van der Waals surface area contributed by atoms with Crippen molar-refractivity contribution in [2.45, 2.75) is 31.8 Å². The third kappa shape index (κ3) is 5.49. The molecule has 5 rings (SSSR count). The van der Waals surface area contributed by atoms with E-state index in [1.54, 1.807) is 13.2 Å². The van der Waals surface area contributed by atoms with Gasteiger partial charge in [-0.25, -0.2) is 13.6 Å². The molecule has 1 aliphatic rings. The van der Waals surface area contributed by atoms with Gasteiger partial charge in [0.15, 0.2) is 5.13 Å². The quantitative estimate of drug-likeness (QED) is 0.264. The lowest BCUT2D eigenvalue weighted by Gasteiger charge is -2.15. The Kier molecular flexibility index (Phi) is 6.93. The van der Waals surface area contributed by atoms with Crippen LogP contribution in [0.2, 0.25) is 0 Å². The lowest BCUT2D eigenvalue weighted by Crippen LogP contribution is -2.16. The van der Waals surface area contributed by atoms with Gasteiger partial charge in [0.05, 0.1) is 17.7 Å². The summed E-state index contributed by atoms with van der Waals surface area (Å²) in [6.45, 7) is 1.46.